The number of hydrogen-bond acceptors (Lipinski definition) is 5. The molecular weight excluding hydrogens is 348 g/mol. The van der Waals surface area contributed by atoms with Crippen LogP contribution in [0.25, 0.3) is 0 Å². The molecule has 0 radical (unpaired) electrons. The number of rotatable bonds is 5. The summed E-state index contributed by atoms with van der Waals surface area (Å²) in [5.41, 5.74) is 2.05. The van der Waals surface area contributed by atoms with Crippen LogP contribution in [0, 0.1) is 13.8 Å². The van der Waals surface area contributed by atoms with Gasteiger partial charge in [-0.15, -0.1) is 0 Å². The van der Waals surface area contributed by atoms with Crippen molar-refractivity contribution in [1.29, 1.82) is 0 Å². The molecule has 10 nitrogen and oxygen atoms in total. The van der Waals surface area contributed by atoms with Gasteiger partial charge in [-0.05, 0) is 26.8 Å². The second-order valence-corrected chi connectivity index (χ2v) is 6.39. The maximum atomic E-state index is 12.4. The number of amides is 2. The minimum absolute atomic E-state index is 0.201. The number of hydrogen-bond donors (Lipinski definition) is 2. The molecule has 3 rings (SSSR count). The fourth-order valence-electron chi connectivity index (χ4n) is 2.45. The molecule has 2 amide bonds. The van der Waals surface area contributed by atoms with Crippen LogP contribution in [0.2, 0.25) is 0 Å². The molecule has 0 saturated carbocycles. The van der Waals surface area contributed by atoms with Gasteiger partial charge in [0.25, 0.3) is 5.91 Å². The van der Waals surface area contributed by atoms with Crippen molar-refractivity contribution >= 4 is 23.5 Å². The minimum atomic E-state index is -0.606. The van der Waals surface area contributed by atoms with Crippen molar-refractivity contribution in [2.45, 2.75) is 26.8 Å². The second kappa shape index (κ2) is 7.06. The largest absolute Gasteiger partial charge is 0.307 e. The van der Waals surface area contributed by atoms with Crippen molar-refractivity contribution < 1.29 is 9.59 Å². The molecule has 0 aliphatic rings. The first-order chi connectivity index (χ1) is 12.7. The summed E-state index contributed by atoms with van der Waals surface area (Å²) < 4.78 is 4.78. The molecule has 0 aliphatic carbocycles. The number of aromatic nitrogens is 6. The van der Waals surface area contributed by atoms with Gasteiger partial charge in [0.1, 0.15) is 6.04 Å². The minimum Gasteiger partial charge on any atom is -0.307 e. The van der Waals surface area contributed by atoms with E-state index >= 15 is 0 Å². The number of anilines is 2. The third-order valence-corrected chi connectivity index (χ3v) is 4.34. The van der Waals surface area contributed by atoms with Gasteiger partial charge in [-0.25, -0.2) is 0 Å². The Hall–Kier alpha value is -3.43. The van der Waals surface area contributed by atoms with E-state index in [0.717, 1.165) is 11.4 Å². The predicted octanol–water partition coefficient (Wildman–Crippen LogP) is 1.42. The van der Waals surface area contributed by atoms with Crippen LogP contribution in [-0.2, 0) is 18.9 Å². The third kappa shape index (κ3) is 3.89. The number of nitrogens with one attached hydrogen (secondary N) is 2. The first kappa shape index (κ1) is 18.4. The van der Waals surface area contributed by atoms with Crippen LogP contribution in [0.4, 0.5) is 11.6 Å². The standard InChI is InChI=1S/C17H22N8O2/c1-10-8-14(21-23(10)4)18-16(26)12(3)25-7-6-13(20-25)17(27)19-15-9-11(2)24(5)22-15/h6-9,12H,1-5H3,(H,18,21,26)(H,19,22,27). The van der Waals surface area contributed by atoms with Crippen molar-refractivity contribution in [1.82, 2.24) is 29.3 Å². The average Bonchev–Trinajstić information content (AvgIpc) is 3.28. The Balaban J connectivity index is 1.66. The van der Waals surface area contributed by atoms with Crippen LogP contribution in [-0.4, -0.2) is 41.2 Å². The van der Waals surface area contributed by atoms with E-state index in [-0.39, 0.29) is 17.5 Å². The summed E-state index contributed by atoms with van der Waals surface area (Å²) in [5, 5.41) is 18.0. The van der Waals surface area contributed by atoms with E-state index in [1.165, 1.54) is 4.68 Å². The highest BCUT2D eigenvalue weighted by Gasteiger charge is 2.19. The Labute approximate surface area is 156 Å². The molecule has 0 spiro atoms. The zero-order chi connectivity index (χ0) is 19.7. The SMILES string of the molecule is Cc1cc(NC(=O)c2ccn(C(C)C(=O)Nc3cc(C)n(C)n3)n2)nn1C. The monoisotopic (exact) mass is 370 g/mol. The van der Waals surface area contributed by atoms with E-state index in [1.807, 2.05) is 13.8 Å². The number of aryl methyl sites for hydroxylation is 4. The van der Waals surface area contributed by atoms with Crippen molar-refractivity contribution in [3.63, 3.8) is 0 Å². The molecule has 0 aliphatic heterocycles. The molecule has 3 aromatic heterocycles. The van der Waals surface area contributed by atoms with Gasteiger partial charge in [0.15, 0.2) is 17.3 Å². The van der Waals surface area contributed by atoms with Gasteiger partial charge >= 0.3 is 0 Å². The van der Waals surface area contributed by atoms with E-state index in [4.69, 9.17) is 0 Å². The van der Waals surface area contributed by atoms with Crippen LogP contribution >= 0.6 is 0 Å². The lowest BCUT2D eigenvalue weighted by molar-refractivity contribution is -0.119. The van der Waals surface area contributed by atoms with Gasteiger partial charge in [0, 0.05) is 43.8 Å². The zero-order valence-corrected chi connectivity index (χ0v) is 15.9. The fraction of sp³-hybridized carbons (Fsp3) is 0.353. The molecule has 1 unspecified atom stereocenters. The lowest BCUT2D eigenvalue weighted by Crippen LogP contribution is -2.25. The van der Waals surface area contributed by atoms with E-state index < -0.39 is 6.04 Å². The third-order valence-electron chi connectivity index (χ3n) is 4.34. The maximum absolute atomic E-state index is 12.4. The Kier molecular flexibility index (Phi) is 4.80. The quantitative estimate of drug-likeness (QED) is 0.705. The summed E-state index contributed by atoms with van der Waals surface area (Å²) in [6, 6.07) is 4.49. The molecule has 1 atom stereocenters. The highest BCUT2D eigenvalue weighted by Crippen LogP contribution is 2.13. The molecule has 0 fully saturated rings. The normalized spacial score (nSPS) is 12.0. The van der Waals surface area contributed by atoms with Crippen LogP contribution in [0.15, 0.2) is 24.4 Å². The van der Waals surface area contributed by atoms with Gasteiger partial charge in [-0.1, -0.05) is 0 Å². The lowest BCUT2D eigenvalue weighted by atomic mass is 10.3. The molecule has 0 saturated heterocycles. The summed E-state index contributed by atoms with van der Waals surface area (Å²) >= 11 is 0. The highest BCUT2D eigenvalue weighted by atomic mass is 16.2. The highest BCUT2D eigenvalue weighted by molar-refractivity contribution is 6.02. The second-order valence-electron chi connectivity index (χ2n) is 6.39. The van der Waals surface area contributed by atoms with Crippen molar-refractivity contribution in [2.75, 3.05) is 10.6 Å². The molecule has 27 heavy (non-hydrogen) atoms. The summed E-state index contributed by atoms with van der Waals surface area (Å²) in [5.74, 6) is 0.261. The first-order valence-electron chi connectivity index (χ1n) is 8.43. The number of nitrogens with zero attached hydrogens (tertiary/aromatic N) is 6. The number of carbonyl (C=O) groups is 2. The van der Waals surface area contributed by atoms with E-state index in [9.17, 15) is 9.59 Å². The van der Waals surface area contributed by atoms with E-state index in [0.29, 0.717) is 11.6 Å². The molecule has 2 N–H and O–H groups in total. The Bertz CT molecular complexity index is 958. The van der Waals surface area contributed by atoms with Crippen molar-refractivity contribution in [3.8, 4) is 0 Å². The predicted molar refractivity (Wildman–Crippen MR) is 99.4 cm³/mol. The first-order valence-corrected chi connectivity index (χ1v) is 8.43. The molecule has 142 valence electrons. The Morgan fingerprint density at radius 1 is 0.963 bits per heavy atom. The van der Waals surface area contributed by atoms with Gasteiger partial charge in [0.05, 0.1) is 0 Å². The van der Waals surface area contributed by atoms with Crippen LogP contribution in [0.5, 0.6) is 0 Å². The summed E-state index contributed by atoms with van der Waals surface area (Å²) in [6.45, 7) is 5.48. The maximum Gasteiger partial charge on any atom is 0.277 e. The summed E-state index contributed by atoms with van der Waals surface area (Å²) in [4.78, 5) is 24.7. The molecule has 10 heteroatoms. The van der Waals surface area contributed by atoms with Crippen molar-refractivity contribution in [2.24, 2.45) is 14.1 Å². The topological polar surface area (TPSA) is 112 Å². The Morgan fingerprint density at radius 2 is 1.52 bits per heavy atom. The van der Waals surface area contributed by atoms with Crippen LogP contribution in [0.3, 0.4) is 0 Å². The Morgan fingerprint density at radius 3 is 2.04 bits per heavy atom. The van der Waals surface area contributed by atoms with Gasteiger partial charge in [-0.3, -0.25) is 23.6 Å². The summed E-state index contributed by atoms with van der Waals surface area (Å²) in [6.07, 6.45) is 1.59. The molecule has 0 bridgehead atoms. The smallest absolute Gasteiger partial charge is 0.277 e. The lowest BCUT2D eigenvalue weighted by Gasteiger charge is -2.11. The summed E-state index contributed by atoms with van der Waals surface area (Å²) in [7, 11) is 3.60. The van der Waals surface area contributed by atoms with E-state index in [2.05, 4.69) is 25.9 Å². The van der Waals surface area contributed by atoms with Crippen molar-refractivity contribution in [3.05, 3.63) is 41.5 Å². The van der Waals surface area contributed by atoms with Crippen LogP contribution < -0.4 is 10.6 Å². The fourth-order valence-corrected chi connectivity index (χ4v) is 2.45. The molecule has 3 aromatic rings. The zero-order valence-electron chi connectivity index (χ0n) is 15.9. The number of carbonyl (C=O) groups excluding carboxylic acids is 2. The van der Waals surface area contributed by atoms with Gasteiger partial charge in [-0.2, -0.15) is 15.3 Å². The average molecular weight is 370 g/mol. The molecule has 3 heterocycles. The van der Waals surface area contributed by atoms with Gasteiger partial charge < -0.3 is 10.6 Å². The molecule has 0 aromatic carbocycles. The van der Waals surface area contributed by atoms with E-state index in [1.54, 1.807) is 54.8 Å². The van der Waals surface area contributed by atoms with Crippen LogP contribution in [0.1, 0.15) is 34.8 Å². The molecular formula is C17H22N8O2. The van der Waals surface area contributed by atoms with Gasteiger partial charge in [0.2, 0.25) is 5.91 Å².